The first-order valence-electron chi connectivity index (χ1n) is 9.94. The van der Waals surface area contributed by atoms with Crippen molar-refractivity contribution in [2.75, 3.05) is 24.0 Å². The molecule has 0 aliphatic rings. The number of carbonyl (C=O) groups excluding carboxylic acids is 2. The van der Waals surface area contributed by atoms with Gasteiger partial charge in [0.25, 0.3) is 5.91 Å². The lowest BCUT2D eigenvalue weighted by atomic mass is 10.2. The number of hydrogen-bond donors (Lipinski definition) is 3. The molecule has 0 fully saturated rings. The van der Waals surface area contributed by atoms with Crippen LogP contribution in [0.25, 0.3) is 0 Å². The standard InChI is InChI=1S/C21H18Cl2N6O6/c1-2-34-21(31)12-4-3-5-14(8-12)26-19-18(29(32)33)20(25-11-24-19)28-27-17(30)10-35-16-7-6-13(22)9-15(16)23/h3-9,11H,2,10H2,1H3,(H,27,30)(H2,24,25,26,28). The van der Waals surface area contributed by atoms with Crippen LogP contribution in [-0.2, 0) is 9.53 Å². The van der Waals surface area contributed by atoms with Gasteiger partial charge >= 0.3 is 11.7 Å². The number of esters is 1. The van der Waals surface area contributed by atoms with Crippen LogP contribution in [0.1, 0.15) is 17.3 Å². The highest BCUT2D eigenvalue weighted by molar-refractivity contribution is 6.35. The first-order chi connectivity index (χ1) is 16.8. The van der Waals surface area contributed by atoms with E-state index in [9.17, 15) is 19.7 Å². The Kier molecular flexibility index (Phi) is 8.59. The third-order valence-corrected chi connectivity index (χ3v) is 4.74. The van der Waals surface area contributed by atoms with E-state index >= 15 is 0 Å². The Morgan fingerprint density at radius 3 is 2.60 bits per heavy atom. The first-order valence-corrected chi connectivity index (χ1v) is 10.7. The molecule has 2 aromatic carbocycles. The highest BCUT2D eigenvalue weighted by Crippen LogP contribution is 2.31. The third-order valence-electron chi connectivity index (χ3n) is 4.21. The van der Waals surface area contributed by atoms with E-state index < -0.39 is 29.1 Å². The lowest BCUT2D eigenvalue weighted by Gasteiger charge is -2.12. The van der Waals surface area contributed by atoms with E-state index in [1.54, 1.807) is 31.2 Å². The minimum atomic E-state index is -0.726. The zero-order valence-corrected chi connectivity index (χ0v) is 19.6. The second-order valence-electron chi connectivity index (χ2n) is 6.64. The number of nitrogens with zero attached hydrogens (tertiary/aromatic N) is 3. The smallest absolute Gasteiger partial charge is 0.355 e. The van der Waals surface area contributed by atoms with E-state index in [0.29, 0.717) is 10.7 Å². The molecule has 14 heteroatoms. The van der Waals surface area contributed by atoms with Crippen LogP contribution in [-0.4, -0.2) is 40.0 Å². The third kappa shape index (κ3) is 6.91. The highest BCUT2D eigenvalue weighted by atomic mass is 35.5. The van der Waals surface area contributed by atoms with E-state index in [-0.39, 0.29) is 34.6 Å². The average Bonchev–Trinajstić information content (AvgIpc) is 2.82. The Labute approximate surface area is 208 Å². The minimum Gasteiger partial charge on any atom is -0.482 e. The van der Waals surface area contributed by atoms with Crippen LogP contribution in [0.4, 0.5) is 23.0 Å². The zero-order valence-electron chi connectivity index (χ0n) is 18.1. The Morgan fingerprint density at radius 2 is 1.89 bits per heavy atom. The van der Waals surface area contributed by atoms with Gasteiger partial charge in [-0.05, 0) is 43.3 Å². The van der Waals surface area contributed by atoms with E-state index in [1.807, 2.05) is 0 Å². The van der Waals surface area contributed by atoms with Crippen molar-refractivity contribution in [3.8, 4) is 5.75 Å². The number of benzene rings is 2. The second kappa shape index (κ2) is 11.8. The van der Waals surface area contributed by atoms with Crippen molar-refractivity contribution in [1.29, 1.82) is 0 Å². The number of hydrazine groups is 1. The molecule has 0 aliphatic heterocycles. The molecule has 35 heavy (non-hydrogen) atoms. The monoisotopic (exact) mass is 520 g/mol. The minimum absolute atomic E-state index is 0.174. The molecule has 3 aromatic rings. The molecule has 1 heterocycles. The van der Waals surface area contributed by atoms with Gasteiger partial charge in [-0.25, -0.2) is 14.8 Å². The molecule has 0 spiro atoms. The number of aromatic nitrogens is 2. The van der Waals surface area contributed by atoms with Crippen LogP contribution >= 0.6 is 23.2 Å². The van der Waals surface area contributed by atoms with Gasteiger partial charge in [0.05, 0.1) is 22.1 Å². The van der Waals surface area contributed by atoms with Gasteiger partial charge in [-0.15, -0.1) is 0 Å². The molecule has 3 N–H and O–H groups in total. The summed E-state index contributed by atoms with van der Waals surface area (Å²) in [6.45, 7) is 1.43. The van der Waals surface area contributed by atoms with Gasteiger partial charge in [-0.1, -0.05) is 29.3 Å². The normalized spacial score (nSPS) is 10.3. The van der Waals surface area contributed by atoms with Crippen molar-refractivity contribution in [3.05, 3.63) is 74.5 Å². The molecule has 0 bridgehead atoms. The van der Waals surface area contributed by atoms with E-state index in [2.05, 4.69) is 26.1 Å². The molecule has 182 valence electrons. The molecule has 0 aliphatic carbocycles. The Balaban J connectivity index is 1.70. The molecule has 0 saturated carbocycles. The lowest BCUT2D eigenvalue weighted by Crippen LogP contribution is -2.34. The second-order valence-corrected chi connectivity index (χ2v) is 7.48. The van der Waals surface area contributed by atoms with Crippen LogP contribution in [0.5, 0.6) is 5.75 Å². The van der Waals surface area contributed by atoms with Gasteiger partial charge in [-0.2, -0.15) is 0 Å². The van der Waals surface area contributed by atoms with Crippen LogP contribution in [0.15, 0.2) is 48.8 Å². The number of rotatable bonds is 10. The van der Waals surface area contributed by atoms with Crippen molar-refractivity contribution < 1.29 is 24.0 Å². The number of halogens is 2. The molecule has 12 nitrogen and oxygen atoms in total. The van der Waals surface area contributed by atoms with Crippen molar-refractivity contribution in [3.63, 3.8) is 0 Å². The van der Waals surface area contributed by atoms with Crippen LogP contribution in [0.3, 0.4) is 0 Å². The van der Waals surface area contributed by atoms with Crippen molar-refractivity contribution in [2.45, 2.75) is 6.92 Å². The van der Waals surface area contributed by atoms with Gasteiger partial charge in [0.2, 0.25) is 11.6 Å². The fourth-order valence-electron chi connectivity index (χ4n) is 2.71. The SMILES string of the molecule is CCOC(=O)c1cccc(Nc2ncnc(NNC(=O)COc3ccc(Cl)cc3Cl)c2[N+](=O)[O-])c1. The van der Waals surface area contributed by atoms with Gasteiger partial charge in [-0.3, -0.25) is 25.8 Å². The lowest BCUT2D eigenvalue weighted by molar-refractivity contribution is -0.383. The van der Waals surface area contributed by atoms with Crippen molar-refractivity contribution >= 4 is 58.1 Å². The summed E-state index contributed by atoms with van der Waals surface area (Å²) in [6.07, 6.45) is 1.06. The quantitative estimate of drug-likeness (QED) is 0.201. The van der Waals surface area contributed by atoms with Crippen LogP contribution < -0.4 is 20.9 Å². The van der Waals surface area contributed by atoms with Crippen molar-refractivity contribution in [2.24, 2.45) is 0 Å². The van der Waals surface area contributed by atoms with Gasteiger partial charge < -0.3 is 14.8 Å². The first kappa shape index (κ1) is 25.5. The molecule has 3 rings (SSSR count). The predicted octanol–water partition coefficient (Wildman–Crippen LogP) is 4.13. The van der Waals surface area contributed by atoms with E-state index in [1.165, 1.54) is 18.2 Å². The molecule has 1 aromatic heterocycles. The summed E-state index contributed by atoms with van der Waals surface area (Å²) in [4.78, 5) is 42.8. The summed E-state index contributed by atoms with van der Waals surface area (Å²) in [7, 11) is 0. The van der Waals surface area contributed by atoms with Crippen molar-refractivity contribution in [1.82, 2.24) is 15.4 Å². The zero-order chi connectivity index (χ0) is 25.4. The predicted molar refractivity (Wildman–Crippen MR) is 128 cm³/mol. The van der Waals surface area contributed by atoms with Crippen LogP contribution in [0.2, 0.25) is 10.0 Å². The number of carbonyl (C=O) groups is 2. The Bertz CT molecular complexity index is 1260. The Hall–Kier alpha value is -4.16. The molecule has 0 saturated heterocycles. The van der Waals surface area contributed by atoms with Crippen LogP contribution in [0, 0.1) is 10.1 Å². The molecule has 1 amide bonds. The number of anilines is 3. The maximum Gasteiger partial charge on any atom is 0.355 e. The highest BCUT2D eigenvalue weighted by Gasteiger charge is 2.24. The van der Waals surface area contributed by atoms with Gasteiger partial charge in [0, 0.05) is 10.7 Å². The summed E-state index contributed by atoms with van der Waals surface area (Å²) >= 11 is 11.8. The molecule has 0 radical (unpaired) electrons. The summed E-state index contributed by atoms with van der Waals surface area (Å²) in [5.41, 5.74) is 4.70. The van der Waals surface area contributed by atoms with E-state index in [0.717, 1.165) is 6.33 Å². The van der Waals surface area contributed by atoms with Gasteiger partial charge in [0.1, 0.15) is 12.1 Å². The average molecular weight is 521 g/mol. The fourth-order valence-corrected chi connectivity index (χ4v) is 3.17. The molecule has 0 unspecified atom stereocenters. The maximum absolute atomic E-state index is 12.1. The van der Waals surface area contributed by atoms with Gasteiger partial charge in [0.15, 0.2) is 6.61 Å². The number of ether oxygens (including phenoxy) is 2. The topological polar surface area (TPSA) is 158 Å². The molecular formula is C21H18Cl2N6O6. The largest absolute Gasteiger partial charge is 0.482 e. The number of nitro groups is 1. The number of nitrogens with one attached hydrogen (secondary N) is 3. The number of amides is 1. The summed E-state index contributed by atoms with van der Waals surface area (Å²) < 4.78 is 10.3. The fraction of sp³-hybridized carbons (Fsp3) is 0.143. The maximum atomic E-state index is 12.1. The number of hydrogen-bond acceptors (Lipinski definition) is 10. The summed E-state index contributed by atoms with van der Waals surface area (Å²) in [6, 6.07) is 10.7. The molecule has 0 atom stereocenters. The van der Waals surface area contributed by atoms with E-state index in [4.69, 9.17) is 32.7 Å². The Morgan fingerprint density at radius 1 is 1.11 bits per heavy atom. The summed E-state index contributed by atoms with van der Waals surface area (Å²) in [5, 5.41) is 15.1. The summed E-state index contributed by atoms with van der Waals surface area (Å²) in [5.74, 6) is -1.43. The molecular weight excluding hydrogens is 503 g/mol.